The molecule has 0 aliphatic carbocycles. The molecule has 94 heavy (non-hydrogen) atoms. The van der Waals surface area contributed by atoms with Crippen molar-refractivity contribution in [2.75, 3.05) is 26.3 Å². The number of urea groups is 1. The van der Waals surface area contributed by atoms with Gasteiger partial charge in [0.25, 0.3) is 5.91 Å². The Hall–Kier alpha value is -10.3. The Kier molecular flexibility index (Phi) is 26.6. The van der Waals surface area contributed by atoms with Crippen LogP contribution >= 0.6 is 0 Å². The molecule has 2 aromatic heterocycles. The van der Waals surface area contributed by atoms with Crippen molar-refractivity contribution in [1.82, 2.24) is 73.2 Å². The quantitative estimate of drug-likeness (QED) is 0.00788. The van der Waals surface area contributed by atoms with Crippen molar-refractivity contribution in [3.8, 4) is 5.75 Å². The highest BCUT2D eigenvalue weighted by atomic mass is 16.5. The highest BCUT2D eigenvalue weighted by Crippen LogP contribution is 2.22. The van der Waals surface area contributed by atoms with Gasteiger partial charge in [-0.25, -0.2) is 15.2 Å². The van der Waals surface area contributed by atoms with Crippen molar-refractivity contribution in [2.45, 2.75) is 166 Å². The summed E-state index contributed by atoms with van der Waals surface area (Å²) in [5.41, 5.74) is 21.5. The lowest BCUT2D eigenvalue weighted by Gasteiger charge is -2.31. The summed E-state index contributed by atoms with van der Waals surface area (Å²) in [6, 6.07) is -0.949. The molecule has 2 aromatic carbocycles. The number of ether oxygens (including phenoxy) is 2. The van der Waals surface area contributed by atoms with Gasteiger partial charge in [0.05, 0.1) is 18.5 Å². The van der Waals surface area contributed by atoms with E-state index in [1.54, 1.807) is 65.1 Å². The number of benzene rings is 2. The summed E-state index contributed by atoms with van der Waals surface area (Å²) < 4.78 is 11.3. The van der Waals surface area contributed by atoms with E-state index in [0.29, 0.717) is 34.1 Å². The van der Waals surface area contributed by atoms with Crippen molar-refractivity contribution < 1.29 is 72.1 Å². The van der Waals surface area contributed by atoms with Crippen molar-refractivity contribution in [3.63, 3.8) is 0 Å². The molecule has 2 aliphatic heterocycles. The Morgan fingerprint density at radius 2 is 1.31 bits per heavy atom. The second-order valence-electron chi connectivity index (χ2n) is 24.3. The van der Waals surface area contributed by atoms with Crippen molar-refractivity contribution in [2.24, 2.45) is 28.1 Å². The lowest BCUT2D eigenvalue weighted by Crippen LogP contribution is -2.62. The summed E-state index contributed by atoms with van der Waals surface area (Å²) in [5.74, 6) is -9.60. The average molecular weight is 1310 g/mol. The van der Waals surface area contributed by atoms with Gasteiger partial charge in [-0.3, -0.25) is 63.2 Å². The van der Waals surface area contributed by atoms with Crippen molar-refractivity contribution >= 4 is 87.9 Å². The number of imidazole rings is 1. The molecular weight excluding hydrogens is 1220 g/mol. The number of nitrogens with zero attached hydrogens (tertiary/aromatic N) is 3. The van der Waals surface area contributed by atoms with Gasteiger partial charge in [0, 0.05) is 74.7 Å². The highest BCUT2D eigenvalue weighted by molar-refractivity contribution is 6.00. The average Bonchev–Trinajstić information content (AvgIpc) is 1.62. The second-order valence-corrected chi connectivity index (χ2v) is 24.3. The molecule has 0 radical (unpaired) electrons. The zero-order valence-electron chi connectivity index (χ0n) is 53.3. The number of phenolic OH excluding ortho intramolecular Hbond substituents is 1. The third kappa shape index (κ3) is 22.8. The van der Waals surface area contributed by atoms with Crippen LogP contribution < -0.4 is 70.6 Å². The van der Waals surface area contributed by atoms with Crippen LogP contribution in [0.1, 0.15) is 103 Å². The minimum atomic E-state index is -1.80. The fourth-order valence-electron chi connectivity index (χ4n) is 10.4. The van der Waals surface area contributed by atoms with Gasteiger partial charge in [0.2, 0.25) is 53.2 Å². The number of hydrogen-bond acceptors (Lipinski definition) is 17. The molecule has 9 atom stereocenters. The lowest BCUT2D eigenvalue weighted by atomic mass is 10.0. The summed E-state index contributed by atoms with van der Waals surface area (Å²) in [7, 11) is 0. The number of guanidine groups is 1. The maximum absolute atomic E-state index is 14.9. The van der Waals surface area contributed by atoms with Crippen LogP contribution in [0.5, 0.6) is 5.75 Å². The van der Waals surface area contributed by atoms with Crippen LogP contribution in [-0.2, 0) is 81.5 Å². The number of primary amides is 1. The Morgan fingerprint density at radius 1 is 0.713 bits per heavy atom. The summed E-state index contributed by atoms with van der Waals surface area (Å²) in [6.07, 6.45) is 4.75. The minimum Gasteiger partial charge on any atom is -0.508 e. The number of hydrazine groups is 1. The molecule has 19 N–H and O–H groups in total. The molecule has 33 heteroatoms. The molecule has 510 valence electrons. The van der Waals surface area contributed by atoms with Gasteiger partial charge in [-0.15, -0.1) is 0 Å². The maximum atomic E-state index is 14.9. The number of phenols is 1. The van der Waals surface area contributed by atoms with E-state index in [9.17, 15) is 62.6 Å². The third-order valence-corrected chi connectivity index (χ3v) is 15.1. The van der Waals surface area contributed by atoms with Gasteiger partial charge in [0.15, 0.2) is 5.96 Å². The molecule has 2 aliphatic rings. The summed E-state index contributed by atoms with van der Waals surface area (Å²) in [4.78, 5) is 181. The van der Waals surface area contributed by atoms with Gasteiger partial charge in [-0.05, 0) is 94.5 Å². The highest BCUT2D eigenvalue weighted by Gasteiger charge is 2.40. The first kappa shape index (κ1) is 72.7. The number of likely N-dealkylation sites (tertiary alicyclic amines) is 1. The Bertz CT molecular complexity index is 3360. The number of amides is 12. The van der Waals surface area contributed by atoms with Gasteiger partial charge in [-0.1, -0.05) is 44.2 Å². The van der Waals surface area contributed by atoms with Gasteiger partial charge in [-0.2, -0.15) is 0 Å². The number of esters is 1. The smallest absolute Gasteiger partial charge is 0.330 e. The molecule has 0 spiro atoms. The van der Waals surface area contributed by atoms with E-state index in [2.05, 4.69) is 67.9 Å². The topological polar surface area (TPSA) is 502 Å². The number of rotatable bonds is 32. The van der Waals surface area contributed by atoms with Gasteiger partial charge < -0.3 is 89.2 Å². The van der Waals surface area contributed by atoms with Gasteiger partial charge >= 0.3 is 12.0 Å². The van der Waals surface area contributed by atoms with E-state index in [1.165, 1.54) is 41.7 Å². The molecule has 12 amide bonds. The number of carbonyl (C=O) groups excluding carboxylic acids is 12. The van der Waals surface area contributed by atoms with Crippen LogP contribution in [0.15, 0.2) is 72.2 Å². The molecule has 4 aromatic rings. The first-order valence-electron chi connectivity index (χ1n) is 30.7. The van der Waals surface area contributed by atoms with Gasteiger partial charge in [0.1, 0.15) is 66.7 Å². The van der Waals surface area contributed by atoms with E-state index < -0.39 is 138 Å². The number of fused-ring (bicyclic) bond motifs is 1. The van der Waals surface area contributed by atoms with E-state index >= 15 is 0 Å². The van der Waals surface area contributed by atoms with Crippen LogP contribution in [0.4, 0.5) is 4.79 Å². The molecule has 0 unspecified atom stereocenters. The number of H-pyrrole nitrogens is 2. The molecular formula is C61H86N18O15. The number of aromatic amines is 2. The number of aliphatic imine (C=N–C) groups is 1. The number of nitrogens with one attached hydrogen (secondary N) is 12. The molecule has 33 nitrogen and oxygen atoms in total. The second kappa shape index (κ2) is 34.4. The fourth-order valence-corrected chi connectivity index (χ4v) is 10.4. The maximum Gasteiger partial charge on any atom is 0.330 e. The molecule has 0 bridgehead atoms. The molecule has 2 fully saturated rings. The Labute approximate surface area is 541 Å². The van der Waals surface area contributed by atoms with Crippen LogP contribution in [0.2, 0.25) is 0 Å². The Balaban J connectivity index is 1.28. The number of carbonyl (C=O) groups is 12. The first-order valence-corrected chi connectivity index (χ1v) is 30.7. The summed E-state index contributed by atoms with van der Waals surface area (Å²) in [5, 5.41) is 32.1. The van der Waals surface area contributed by atoms with E-state index in [0.717, 1.165) is 6.92 Å². The monoisotopic (exact) mass is 1310 g/mol. The van der Waals surface area contributed by atoms with Crippen LogP contribution in [0.25, 0.3) is 10.9 Å². The predicted octanol–water partition coefficient (Wildman–Crippen LogP) is -2.53. The normalized spacial score (nSPS) is 16.7. The van der Waals surface area contributed by atoms with E-state index in [4.69, 9.17) is 26.7 Å². The van der Waals surface area contributed by atoms with Crippen LogP contribution in [0.3, 0.4) is 0 Å². The van der Waals surface area contributed by atoms with Crippen molar-refractivity contribution in [3.05, 3.63) is 84.1 Å². The van der Waals surface area contributed by atoms with E-state index in [1.807, 2.05) is 5.43 Å². The Morgan fingerprint density at radius 3 is 1.90 bits per heavy atom. The number of aromatic hydroxyl groups is 1. The molecule has 2 saturated heterocycles. The lowest BCUT2D eigenvalue weighted by molar-refractivity contribution is -0.145. The number of para-hydroxylation sites is 1. The number of aromatic nitrogens is 3. The number of hydrogen-bond donors (Lipinski definition) is 16. The minimum absolute atomic E-state index is 0.00819. The van der Waals surface area contributed by atoms with E-state index in [-0.39, 0.29) is 94.4 Å². The predicted molar refractivity (Wildman–Crippen MR) is 338 cm³/mol. The largest absolute Gasteiger partial charge is 0.508 e. The molecule has 4 heterocycles. The molecule has 0 saturated carbocycles. The van der Waals surface area contributed by atoms with Crippen molar-refractivity contribution in [1.29, 1.82) is 0 Å². The SMILES string of the molecule is CC(=O)OC[C@@H](NC(=O)[C@H](Cc1c[nH]c2ccccc12)NC(=O)[C@H](Cc1cnc[nH]1)NC(=O)[C@@H]1CCC(=O)N1)C(=O)N[C@@H](Cc1ccc(O)cc1)C(=O)N[C@H](COC(C)(C)C)C(=O)N[C@@H](CC(C)C)C(=O)N[C@@H](CCCN=C(N)N)C(=O)N1CCC[C@H]1C(=O)NNC(N)=O. The fraction of sp³-hybridized carbons (Fsp3) is 0.508. The van der Waals surface area contributed by atoms with Crippen LogP contribution in [-0.4, -0.2) is 188 Å². The third-order valence-electron chi connectivity index (χ3n) is 15.1. The summed E-state index contributed by atoms with van der Waals surface area (Å²) >= 11 is 0. The van der Waals surface area contributed by atoms with Crippen LogP contribution in [0, 0.1) is 5.92 Å². The summed E-state index contributed by atoms with van der Waals surface area (Å²) in [6.45, 7) is 8.50. The molecule has 6 rings (SSSR count). The zero-order chi connectivity index (χ0) is 68.8. The first-order chi connectivity index (χ1) is 44.5. The zero-order valence-corrected chi connectivity index (χ0v) is 53.3. The standard InChI is InChI=1S/C61H86N18O15/c1-32(2)23-42(51(84)70-41(13-9-21-66-59(62)63)58(91)79-22-10-14-48(79)57(90)77-78-60(64)92)71-56(89)47(30-94-61(4,5)6)76-52(85)43(24-34-15-17-37(81)18-16-34)72-55(88)46(29-93-33(3)80)75-53(86)44(25-35-27-67-39-12-8-7-11-38(35)39)73-54(87)45(26-36-28-65-31-68-36)74-50(83)40-19-20-49(82)69-40/h7-8,11-12,15-18,27-28,31-32,40-48,67,81H,9-10,13-14,19-26,29-30H2,1-6H3,(H,65,68)(H,69,82)(H,70,84)(H,71,89)(H,72,88)(H,73,87)(H,74,83)(H,75,86)(H,76,85)(H,77,90)(H4,62,63,66)(H3,64,78,92)/t40-,41-,42-,43-,44-,45-,46+,47+,48-/m0/s1. The number of nitrogens with two attached hydrogens (primary N) is 3.